The molecule has 16 nitrogen and oxygen atoms in total. The van der Waals surface area contributed by atoms with E-state index in [0.717, 1.165) is 87.0 Å². The molecule has 0 bridgehead atoms. The molecule has 4 amide bonds. The van der Waals surface area contributed by atoms with Crippen LogP contribution < -0.4 is 15.4 Å². The van der Waals surface area contributed by atoms with Crippen molar-refractivity contribution in [2.24, 2.45) is 17.8 Å². The molecule has 3 aromatic carbocycles. The summed E-state index contributed by atoms with van der Waals surface area (Å²) in [6.07, 6.45) is 5.05. The minimum Gasteiger partial charge on any atom is -0.488 e. The number of hydrogen-bond donors (Lipinski definition) is 4. The van der Waals surface area contributed by atoms with Crippen molar-refractivity contribution in [1.29, 1.82) is 0 Å². The maximum atomic E-state index is 14.6. The summed E-state index contributed by atoms with van der Waals surface area (Å²) in [6, 6.07) is 12.7. The number of benzene rings is 3. The van der Waals surface area contributed by atoms with Crippen LogP contribution in [0.15, 0.2) is 48.7 Å². The summed E-state index contributed by atoms with van der Waals surface area (Å²) in [5.41, 5.74) is 6.59. The molecule has 9 rings (SSSR count). The van der Waals surface area contributed by atoms with Gasteiger partial charge in [0.25, 0.3) is 0 Å². The highest BCUT2D eigenvalue weighted by atomic mass is 16.5. The summed E-state index contributed by atoms with van der Waals surface area (Å²) in [5, 5.41) is 7.60. The number of nitrogens with one attached hydrogen (secondary N) is 4. The first-order valence-corrected chi connectivity index (χ1v) is 23.5. The van der Waals surface area contributed by atoms with Crippen LogP contribution in [-0.4, -0.2) is 105 Å². The average Bonchev–Trinajstić information content (AvgIpc) is 4.14. The number of fused-ring (bicyclic) bond motifs is 6. The Balaban J connectivity index is 0.971. The van der Waals surface area contributed by atoms with Gasteiger partial charge in [0.05, 0.1) is 61.4 Å². The number of aromatic amines is 2. The molecule has 2 aromatic heterocycles. The second-order valence-electron chi connectivity index (χ2n) is 19.2. The molecule has 0 saturated carbocycles. The third-order valence-electron chi connectivity index (χ3n) is 14.4. The van der Waals surface area contributed by atoms with Crippen molar-refractivity contribution < 1.29 is 38.1 Å². The molecule has 8 unspecified atom stereocenters. The number of alkyl carbamates (subject to hydrolysis) is 2. The van der Waals surface area contributed by atoms with Gasteiger partial charge in [-0.15, -0.1) is 0 Å². The zero-order valence-electron chi connectivity index (χ0n) is 39.1. The first-order chi connectivity index (χ1) is 31.7. The van der Waals surface area contributed by atoms with Crippen molar-refractivity contribution in [3.63, 3.8) is 0 Å². The molecule has 4 aliphatic rings. The highest BCUT2D eigenvalue weighted by Gasteiger charge is 2.45. The fourth-order valence-corrected chi connectivity index (χ4v) is 11.0. The molecule has 66 heavy (non-hydrogen) atoms. The van der Waals surface area contributed by atoms with E-state index in [1.807, 2.05) is 56.7 Å². The van der Waals surface area contributed by atoms with Gasteiger partial charge in [-0.3, -0.25) is 9.59 Å². The Hall–Kier alpha value is -6.16. The number of imidazole rings is 2. The van der Waals surface area contributed by atoms with E-state index in [1.165, 1.54) is 14.2 Å². The van der Waals surface area contributed by atoms with Gasteiger partial charge in [0.2, 0.25) is 11.8 Å². The van der Waals surface area contributed by atoms with Gasteiger partial charge in [0, 0.05) is 23.5 Å². The second-order valence-corrected chi connectivity index (χ2v) is 19.2. The number of rotatable bonds is 10. The van der Waals surface area contributed by atoms with E-state index in [9.17, 15) is 19.2 Å². The van der Waals surface area contributed by atoms with Crippen LogP contribution in [0.25, 0.3) is 44.2 Å². The molecular formula is C50H62N8O8. The highest BCUT2D eigenvalue weighted by molar-refractivity contribution is 6.07. The van der Waals surface area contributed by atoms with Gasteiger partial charge in [0.1, 0.15) is 36.1 Å². The number of H-pyrrole nitrogens is 2. The van der Waals surface area contributed by atoms with E-state index in [0.29, 0.717) is 31.8 Å². The quantitative estimate of drug-likeness (QED) is 0.106. The standard InChI is InChI=1S/C50H62N8O8/c1-9-29-18-40(57(23-29)47(59)43(56-50(62)64-8)32-16-27(5)66-28(6)17-32)46-52-37-14-12-30-20-36-34-13-11-31(19-33(34)24-65-41(36)21-35(30)44(37)54-46)38-22-51-45(53-38)39-15-10-26(4)58(39)48(60)42(25(2)3)55-49(61)63-7/h11-14,19-22,25-29,32,39-40,42-43H,9-10,15-18,23-24H2,1-8H3,(H,51,53)(H,52,54)(H,55,61)(H,56,62). The predicted octanol–water partition coefficient (Wildman–Crippen LogP) is 8.33. The monoisotopic (exact) mass is 902 g/mol. The van der Waals surface area contributed by atoms with Gasteiger partial charge < -0.3 is 49.3 Å². The summed E-state index contributed by atoms with van der Waals surface area (Å²) >= 11 is 0. The topological polar surface area (TPSA) is 193 Å². The number of aromatic nitrogens is 4. The van der Waals surface area contributed by atoms with Crippen molar-refractivity contribution in [3.8, 4) is 28.1 Å². The lowest BCUT2D eigenvalue weighted by Crippen LogP contribution is -2.54. The summed E-state index contributed by atoms with van der Waals surface area (Å²) < 4.78 is 22.3. The Morgan fingerprint density at radius 1 is 0.864 bits per heavy atom. The lowest BCUT2D eigenvalue weighted by atomic mass is 9.85. The smallest absolute Gasteiger partial charge is 0.407 e. The lowest BCUT2D eigenvalue weighted by Gasteiger charge is -2.38. The number of carbonyl (C=O) groups is 4. The molecular weight excluding hydrogens is 841 g/mol. The molecule has 0 aliphatic carbocycles. The van der Waals surface area contributed by atoms with Crippen LogP contribution in [0.1, 0.15) is 109 Å². The van der Waals surface area contributed by atoms with Crippen LogP contribution in [-0.2, 0) is 30.4 Å². The Morgan fingerprint density at radius 2 is 1.62 bits per heavy atom. The van der Waals surface area contributed by atoms with Gasteiger partial charge >= 0.3 is 12.2 Å². The third-order valence-corrected chi connectivity index (χ3v) is 14.4. The number of methoxy groups -OCH3 is 2. The van der Waals surface area contributed by atoms with Crippen molar-refractivity contribution in [2.75, 3.05) is 20.8 Å². The molecule has 6 heterocycles. The van der Waals surface area contributed by atoms with Crippen LogP contribution in [0.3, 0.4) is 0 Å². The molecule has 8 atom stereocenters. The predicted molar refractivity (Wildman–Crippen MR) is 248 cm³/mol. The Labute approximate surface area is 384 Å². The SMILES string of the molecule is CCC1CC(c2nc3c(ccc4cc5c(cc43)OCc3cc(-c4cnc(C6CCC(C)N6C(=O)C(NC(=O)OC)C(C)C)[nH]4)ccc3-5)[nH]2)N(C(=O)C(NC(=O)OC)C2CC(C)OC(C)C2)C1. The van der Waals surface area contributed by atoms with E-state index in [4.69, 9.17) is 28.9 Å². The van der Waals surface area contributed by atoms with Crippen molar-refractivity contribution in [2.45, 2.75) is 129 Å². The van der Waals surface area contributed by atoms with Gasteiger partial charge in [-0.25, -0.2) is 19.6 Å². The first kappa shape index (κ1) is 45.0. The summed E-state index contributed by atoms with van der Waals surface area (Å²) in [4.78, 5) is 74.2. The Bertz CT molecular complexity index is 2650. The summed E-state index contributed by atoms with van der Waals surface area (Å²) in [6.45, 7) is 13.0. The minimum absolute atomic E-state index is 0.0197. The minimum atomic E-state index is -0.750. The van der Waals surface area contributed by atoms with E-state index in [-0.39, 0.29) is 59.9 Å². The lowest BCUT2D eigenvalue weighted by molar-refractivity contribution is -0.139. The average molecular weight is 903 g/mol. The van der Waals surface area contributed by atoms with Crippen LogP contribution in [0, 0.1) is 17.8 Å². The molecule has 16 heteroatoms. The Morgan fingerprint density at radius 3 is 2.35 bits per heavy atom. The van der Waals surface area contributed by atoms with E-state index in [1.54, 1.807) is 0 Å². The molecule has 0 radical (unpaired) electrons. The van der Waals surface area contributed by atoms with E-state index in [2.05, 4.69) is 63.9 Å². The molecule has 3 fully saturated rings. The highest BCUT2D eigenvalue weighted by Crippen LogP contribution is 2.44. The van der Waals surface area contributed by atoms with Gasteiger partial charge in [-0.1, -0.05) is 45.4 Å². The Kier molecular flexibility index (Phi) is 12.5. The molecule has 3 saturated heterocycles. The first-order valence-electron chi connectivity index (χ1n) is 23.5. The van der Waals surface area contributed by atoms with E-state index < -0.39 is 24.3 Å². The molecule has 4 N–H and O–H groups in total. The van der Waals surface area contributed by atoms with Crippen molar-refractivity contribution in [3.05, 3.63) is 65.9 Å². The zero-order chi connectivity index (χ0) is 46.6. The molecule has 5 aromatic rings. The van der Waals surface area contributed by atoms with Gasteiger partial charge in [0.15, 0.2) is 0 Å². The summed E-state index contributed by atoms with van der Waals surface area (Å²) in [7, 11) is 2.62. The zero-order valence-corrected chi connectivity index (χ0v) is 39.1. The maximum Gasteiger partial charge on any atom is 0.407 e. The van der Waals surface area contributed by atoms with Crippen LogP contribution in [0.2, 0.25) is 0 Å². The normalized spacial score (nSPS) is 24.7. The maximum absolute atomic E-state index is 14.6. The van der Waals surface area contributed by atoms with Crippen molar-refractivity contribution in [1.82, 2.24) is 40.4 Å². The van der Waals surface area contributed by atoms with Gasteiger partial charge in [-0.2, -0.15) is 0 Å². The molecule has 350 valence electrons. The number of carbonyl (C=O) groups excluding carboxylic acids is 4. The molecule has 0 spiro atoms. The molecule has 4 aliphatic heterocycles. The third kappa shape index (κ3) is 8.44. The number of hydrogen-bond acceptors (Lipinski definition) is 10. The number of nitrogens with zero attached hydrogens (tertiary/aromatic N) is 4. The summed E-state index contributed by atoms with van der Waals surface area (Å²) in [5.74, 6) is 1.98. The fourth-order valence-electron chi connectivity index (χ4n) is 11.0. The van der Waals surface area contributed by atoms with Crippen molar-refractivity contribution >= 4 is 45.8 Å². The van der Waals surface area contributed by atoms with Gasteiger partial charge in [-0.05, 0) is 117 Å². The van der Waals surface area contributed by atoms with Crippen LogP contribution >= 0.6 is 0 Å². The van der Waals surface area contributed by atoms with E-state index >= 15 is 0 Å². The largest absolute Gasteiger partial charge is 0.488 e. The van der Waals surface area contributed by atoms with Crippen LogP contribution in [0.4, 0.5) is 9.59 Å². The number of ether oxygens (including phenoxy) is 4. The van der Waals surface area contributed by atoms with Crippen LogP contribution in [0.5, 0.6) is 5.75 Å². The number of likely N-dealkylation sites (tertiary alicyclic amines) is 2. The number of amides is 4. The second kappa shape index (κ2) is 18.3. The fraction of sp³-hybridized carbons (Fsp3) is 0.520.